The molecule has 17 heavy (non-hydrogen) atoms. The van der Waals surface area contributed by atoms with E-state index >= 15 is 0 Å². The first-order valence-electron chi connectivity index (χ1n) is 5.30. The molecule has 0 unspecified atom stereocenters. The van der Waals surface area contributed by atoms with E-state index in [2.05, 4.69) is 34.7 Å². The molecule has 3 heteroatoms. The fourth-order valence-corrected chi connectivity index (χ4v) is 2.10. The zero-order chi connectivity index (χ0) is 12.1. The topological polar surface area (TPSA) is 18.5 Å². The molecule has 0 saturated carbocycles. The van der Waals surface area contributed by atoms with E-state index in [0.717, 1.165) is 15.1 Å². The summed E-state index contributed by atoms with van der Waals surface area (Å²) in [6.07, 6.45) is 0. The highest BCUT2D eigenvalue weighted by molar-refractivity contribution is 14.1. The van der Waals surface area contributed by atoms with Gasteiger partial charge >= 0.3 is 0 Å². The van der Waals surface area contributed by atoms with Gasteiger partial charge in [0.05, 0.1) is 10.7 Å². The first-order valence-corrected chi connectivity index (χ1v) is 6.38. The van der Waals surface area contributed by atoms with Crippen LogP contribution in [0.2, 0.25) is 0 Å². The highest BCUT2D eigenvalue weighted by Crippen LogP contribution is 2.26. The fourth-order valence-electron chi connectivity index (χ4n) is 1.46. The Labute approximate surface area is 115 Å². The molecule has 0 bridgehead atoms. The summed E-state index contributed by atoms with van der Waals surface area (Å²) >= 11 is 2.25. The van der Waals surface area contributed by atoms with Gasteiger partial charge in [-0.1, -0.05) is 30.3 Å². The number of halogens is 1. The van der Waals surface area contributed by atoms with Crippen LogP contribution in [0.25, 0.3) is 0 Å². The smallest absolute Gasteiger partial charge is 0.133 e. The maximum absolute atomic E-state index is 5.76. The molecule has 0 spiro atoms. The number of benzene rings is 2. The third-order valence-electron chi connectivity index (χ3n) is 2.38. The second-order valence-electron chi connectivity index (χ2n) is 3.57. The van der Waals surface area contributed by atoms with Gasteiger partial charge in [-0.25, -0.2) is 0 Å². The molecular formula is C14H13IO2. The highest BCUT2D eigenvalue weighted by Gasteiger charge is 2.03. The van der Waals surface area contributed by atoms with Gasteiger partial charge in [-0.05, 0) is 46.4 Å². The summed E-state index contributed by atoms with van der Waals surface area (Å²) in [5, 5.41) is 0. The maximum atomic E-state index is 5.76. The van der Waals surface area contributed by atoms with Crippen LogP contribution in [-0.4, -0.2) is 7.11 Å². The minimum Gasteiger partial charge on any atom is -0.497 e. The number of hydrogen-bond acceptors (Lipinski definition) is 2. The van der Waals surface area contributed by atoms with Gasteiger partial charge in [0.2, 0.25) is 0 Å². The average Bonchev–Trinajstić information content (AvgIpc) is 2.38. The SMILES string of the molecule is COc1ccc(OCc2ccccc2)c(I)c1. The zero-order valence-electron chi connectivity index (χ0n) is 9.52. The van der Waals surface area contributed by atoms with Gasteiger partial charge in [0.15, 0.2) is 0 Å². The van der Waals surface area contributed by atoms with Crippen molar-refractivity contribution in [2.45, 2.75) is 6.61 Å². The van der Waals surface area contributed by atoms with Crippen LogP contribution in [0.3, 0.4) is 0 Å². The van der Waals surface area contributed by atoms with Crippen LogP contribution in [0, 0.1) is 3.57 Å². The maximum Gasteiger partial charge on any atom is 0.133 e. The van der Waals surface area contributed by atoms with Crippen LogP contribution >= 0.6 is 22.6 Å². The Morgan fingerprint density at radius 3 is 2.47 bits per heavy atom. The fraction of sp³-hybridized carbons (Fsp3) is 0.143. The Bertz CT molecular complexity index is 483. The van der Waals surface area contributed by atoms with Crippen molar-refractivity contribution in [3.05, 3.63) is 57.7 Å². The molecule has 0 radical (unpaired) electrons. The molecule has 0 aromatic heterocycles. The van der Waals surface area contributed by atoms with Crippen LogP contribution in [0.4, 0.5) is 0 Å². The largest absolute Gasteiger partial charge is 0.497 e. The van der Waals surface area contributed by atoms with E-state index in [1.165, 1.54) is 5.56 Å². The second-order valence-corrected chi connectivity index (χ2v) is 4.73. The Morgan fingerprint density at radius 1 is 1.06 bits per heavy atom. The van der Waals surface area contributed by atoms with Gasteiger partial charge in [-0.3, -0.25) is 0 Å². The first-order chi connectivity index (χ1) is 8.29. The lowest BCUT2D eigenvalue weighted by Crippen LogP contribution is -1.97. The summed E-state index contributed by atoms with van der Waals surface area (Å²) in [5.41, 5.74) is 1.17. The van der Waals surface area contributed by atoms with Gasteiger partial charge in [0, 0.05) is 0 Å². The molecular weight excluding hydrogens is 327 g/mol. The third kappa shape index (κ3) is 3.36. The molecule has 0 N–H and O–H groups in total. The van der Waals surface area contributed by atoms with Crippen molar-refractivity contribution < 1.29 is 9.47 Å². The number of hydrogen-bond donors (Lipinski definition) is 0. The molecule has 88 valence electrons. The summed E-state index contributed by atoms with van der Waals surface area (Å²) in [7, 11) is 1.66. The van der Waals surface area contributed by atoms with Crippen molar-refractivity contribution in [1.82, 2.24) is 0 Å². The molecule has 0 aliphatic heterocycles. The van der Waals surface area contributed by atoms with Crippen molar-refractivity contribution in [3.8, 4) is 11.5 Å². The summed E-state index contributed by atoms with van der Waals surface area (Å²) in [5.74, 6) is 1.73. The Balaban J connectivity index is 2.04. The van der Waals surface area contributed by atoms with Crippen LogP contribution in [0.5, 0.6) is 11.5 Å². The van der Waals surface area contributed by atoms with E-state index in [1.54, 1.807) is 7.11 Å². The summed E-state index contributed by atoms with van der Waals surface area (Å²) in [4.78, 5) is 0. The predicted molar refractivity (Wildman–Crippen MR) is 76.5 cm³/mol. The van der Waals surface area contributed by atoms with Gasteiger partial charge in [-0.2, -0.15) is 0 Å². The molecule has 0 atom stereocenters. The van der Waals surface area contributed by atoms with E-state index in [4.69, 9.17) is 9.47 Å². The quantitative estimate of drug-likeness (QED) is 0.787. The molecule has 2 aromatic rings. The molecule has 2 aromatic carbocycles. The third-order valence-corrected chi connectivity index (χ3v) is 3.22. The van der Waals surface area contributed by atoms with Crippen molar-refractivity contribution >= 4 is 22.6 Å². The second kappa shape index (κ2) is 5.91. The summed E-state index contributed by atoms with van der Waals surface area (Å²) in [6.45, 7) is 0.586. The van der Waals surface area contributed by atoms with Crippen LogP contribution in [-0.2, 0) is 6.61 Å². The van der Waals surface area contributed by atoms with Gasteiger partial charge in [0.25, 0.3) is 0 Å². The standard InChI is InChI=1S/C14H13IO2/c1-16-12-7-8-14(13(15)9-12)17-10-11-5-3-2-4-6-11/h2-9H,10H2,1H3. The van der Waals surface area contributed by atoms with Gasteiger partial charge in [-0.15, -0.1) is 0 Å². The van der Waals surface area contributed by atoms with Crippen LogP contribution in [0.1, 0.15) is 5.56 Å². The van der Waals surface area contributed by atoms with Gasteiger partial charge < -0.3 is 9.47 Å². The number of rotatable bonds is 4. The minimum atomic E-state index is 0.586. The summed E-state index contributed by atoms with van der Waals surface area (Å²) in [6, 6.07) is 15.9. The van der Waals surface area contributed by atoms with Gasteiger partial charge in [0.1, 0.15) is 18.1 Å². The van der Waals surface area contributed by atoms with E-state index in [9.17, 15) is 0 Å². The normalized spacial score (nSPS) is 10.0. The van der Waals surface area contributed by atoms with E-state index in [1.807, 2.05) is 36.4 Å². The molecule has 0 aliphatic carbocycles. The van der Waals surface area contributed by atoms with E-state index in [-0.39, 0.29) is 0 Å². The summed E-state index contributed by atoms with van der Waals surface area (Å²) < 4.78 is 12.0. The molecule has 0 heterocycles. The van der Waals surface area contributed by atoms with Crippen molar-refractivity contribution in [1.29, 1.82) is 0 Å². The molecule has 0 fully saturated rings. The average molecular weight is 340 g/mol. The lowest BCUT2D eigenvalue weighted by atomic mass is 10.2. The molecule has 0 saturated heterocycles. The molecule has 2 nitrogen and oxygen atoms in total. The molecule has 0 amide bonds. The number of ether oxygens (including phenoxy) is 2. The molecule has 2 rings (SSSR count). The van der Waals surface area contributed by atoms with Crippen molar-refractivity contribution in [2.24, 2.45) is 0 Å². The number of methoxy groups -OCH3 is 1. The Hall–Kier alpha value is -1.23. The van der Waals surface area contributed by atoms with Crippen LogP contribution in [0.15, 0.2) is 48.5 Å². The highest BCUT2D eigenvalue weighted by atomic mass is 127. The van der Waals surface area contributed by atoms with Crippen molar-refractivity contribution in [2.75, 3.05) is 7.11 Å². The first kappa shape index (κ1) is 12.2. The van der Waals surface area contributed by atoms with Crippen molar-refractivity contribution in [3.63, 3.8) is 0 Å². The lowest BCUT2D eigenvalue weighted by Gasteiger charge is -2.09. The van der Waals surface area contributed by atoms with E-state index in [0.29, 0.717) is 6.61 Å². The Kier molecular flexibility index (Phi) is 4.25. The lowest BCUT2D eigenvalue weighted by molar-refractivity contribution is 0.303. The monoisotopic (exact) mass is 340 g/mol. The van der Waals surface area contributed by atoms with E-state index < -0.39 is 0 Å². The Morgan fingerprint density at radius 2 is 1.82 bits per heavy atom. The molecule has 0 aliphatic rings. The van der Waals surface area contributed by atoms with Crippen LogP contribution < -0.4 is 9.47 Å². The predicted octanol–water partition coefficient (Wildman–Crippen LogP) is 3.88. The minimum absolute atomic E-state index is 0.586. The zero-order valence-corrected chi connectivity index (χ0v) is 11.7.